The molecule has 0 radical (unpaired) electrons. The SMILES string of the molecule is Cc1ccc(C(=O)N2CC(Cc3ccsc3)C(CN3CCC(c4ccccc4)CC3)C2)cc1. The monoisotopic (exact) mass is 458 g/mol. The Bertz CT molecular complexity index is 1020. The molecule has 0 N–H and O–H groups in total. The van der Waals surface area contributed by atoms with Crippen molar-refractivity contribution in [1.82, 2.24) is 9.80 Å². The van der Waals surface area contributed by atoms with Crippen LogP contribution in [0.25, 0.3) is 0 Å². The maximum Gasteiger partial charge on any atom is 0.253 e. The number of aryl methyl sites for hydroxylation is 1. The Morgan fingerprint density at radius 1 is 0.939 bits per heavy atom. The first-order valence-electron chi connectivity index (χ1n) is 12.3. The molecule has 3 aromatic rings. The van der Waals surface area contributed by atoms with E-state index in [4.69, 9.17) is 0 Å². The number of benzene rings is 2. The van der Waals surface area contributed by atoms with E-state index in [1.54, 1.807) is 11.3 Å². The molecule has 3 heterocycles. The van der Waals surface area contributed by atoms with Gasteiger partial charge in [-0.15, -0.1) is 0 Å². The van der Waals surface area contributed by atoms with Gasteiger partial charge in [-0.25, -0.2) is 0 Å². The van der Waals surface area contributed by atoms with E-state index in [1.807, 2.05) is 24.3 Å². The van der Waals surface area contributed by atoms with Gasteiger partial charge in [0.2, 0.25) is 0 Å². The molecule has 2 aliphatic heterocycles. The zero-order valence-electron chi connectivity index (χ0n) is 19.5. The molecule has 172 valence electrons. The van der Waals surface area contributed by atoms with Crippen LogP contribution >= 0.6 is 11.3 Å². The van der Waals surface area contributed by atoms with Crippen molar-refractivity contribution in [1.29, 1.82) is 0 Å². The number of hydrogen-bond acceptors (Lipinski definition) is 3. The first-order valence-corrected chi connectivity index (χ1v) is 13.2. The minimum Gasteiger partial charge on any atom is -0.338 e. The van der Waals surface area contributed by atoms with Crippen molar-refractivity contribution in [3.63, 3.8) is 0 Å². The van der Waals surface area contributed by atoms with E-state index in [2.05, 4.69) is 63.9 Å². The Morgan fingerprint density at radius 2 is 1.67 bits per heavy atom. The van der Waals surface area contributed by atoms with Crippen LogP contribution in [0.1, 0.15) is 45.8 Å². The van der Waals surface area contributed by atoms with Gasteiger partial charge >= 0.3 is 0 Å². The number of thiophene rings is 1. The molecule has 2 fully saturated rings. The van der Waals surface area contributed by atoms with Crippen LogP contribution < -0.4 is 0 Å². The van der Waals surface area contributed by atoms with Crippen molar-refractivity contribution in [2.45, 2.75) is 32.1 Å². The summed E-state index contributed by atoms with van der Waals surface area (Å²) in [6.07, 6.45) is 3.54. The molecule has 2 aromatic carbocycles. The zero-order valence-corrected chi connectivity index (χ0v) is 20.3. The Morgan fingerprint density at radius 3 is 2.36 bits per heavy atom. The van der Waals surface area contributed by atoms with Crippen molar-refractivity contribution in [3.8, 4) is 0 Å². The molecule has 33 heavy (non-hydrogen) atoms. The number of hydrogen-bond donors (Lipinski definition) is 0. The molecule has 3 nitrogen and oxygen atoms in total. The van der Waals surface area contributed by atoms with Crippen LogP contribution in [0.4, 0.5) is 0 Å². The van der Waals surface area contributed by atoms with Gasteiger partial charge in [0.15, 0.2) is 0 Å². The summed E-state index contributed by atoms with van der Waals surface area (Å²) in [5, 5.41) is 4.44. The maximum atomic E-state index is 13.3. The van der Waals surface area contributed by atoms with Gasteiger partial charge in [-0.3, -0.25) is 4.79 Å². The first kappa shape index (κ1) is 22.4. The summed E-state index contributed by atoms with van der Waals surface area (Å²) in [5.41, 5.74) is 4.92. The third-order valence-electron chi connectivity index (χ3n) is 7.59. The molecule has 1 aromatic heterocycles. The lowest BCUT2D eigenvalue weighted by atomic mass is 9.87. The second-order valence-corrected chi connectivity index (χ2v) is 10.7. The summed E-state index contributed by atoms with van der Waals surface area (Å²) < 4.78 is 0. The number of rotatable bonds is 6. The average Bonchev–Trinajstić information content (AvgIpc) is 3.51. The third kappa shape index (κ3) is 5.39. The van der Waals surface area contributed by atoms with Crippen molar-refractivity contribution in [2.75, 3.05) is 32.7 Å². The first-order chi connectivity index (χ1) is 16.2. The van der Waals surface area contributed by atoms with E-state index in [0.29, 0.717) is 17.8 Å². The minimum absolute atomic E-state index is 0.190. The Hall–Kier alpha value is -2.43. The van der Waals surface area contributed by atoms with E-state index in [-0.39, 0.29) is 5.91 Å². The highest BCUT2D eigenvalue weighted by molar-refractivity contribution is 7.07. The fourth-order valence-electron chi connectivity index (χ4n) is 5.64. The lowest BCUT2D eigenvalue weighted by Gasteiger charge is -2.34. The topological polar surface area (TPSA) is 23.6 Å². The summed E-state index contributed by atoms with van der Waals surface area (Å²) >= 11 is 1.77. The lowest BCUT2D eigenvalue weighted by Crippen LogP contribution is -2.39. The summed E-state index contributed by atoms with van der Waals surface area (Å²) in [5.74, 6) is 1.94. The van der Waals surface area contributed by atoms with Gasteiger partial charge in [-0.1, -0.05) is 48.0 Å². The number of piperidine rings is 1. The van der Waals surface area contributed by atoms with Gasteiger partial charge in [-0.2, -0.15) is 11.3 Å². The number of carbonyl (C=O) groups excluding carboxylic acids is 1. The number of likely N-dealkylation sites (tertiary alicyclic amines) is 2. The quantitative estimate of drug-likeness (QED) is 0.461. The molecule has 2 unspecified atom stereocenters. The van der Waals surface area contributed by atoms with Gasteiger partial charge < -0.3 is 9.80 Å². The highest BCUT2D eigenvalue weighted by Gasteiger charge is 2.37. The molecule has 2 saturated heterocycles. The summed E-state index contributed by atoms with van der Waals surface area (Å²) in [4.78, 5) is 18.0. The Kier molecular flexibility index (Phi) is 6.93. The standard InChI is InChI=1S/C29H34N2OS/c1-22-7-9-26(10-8-22)29(32)31-19-27(17-23-13-16-33-21-23)28(20-31)18-30-14-11-25(12-15-30)24-5-3-2-4-6-24/h2-10,13,16,21,25,27-28H,11-12,14-15,17-20H2,1H3. The van der Waals surface area contributed by atoms with E-state index in [9.17, 15) is 4.79 Å². The summed E-state index contributed by atoms with van der Waals surface area (Å²) in [7, 11) is 0. The third-order valence-corrected chi connectivity index (χ3v) is 8.32. The molecular weight excluding hydrogens is 424 g/mol. The molecule has 2 aliphatic rings. The van der Waals surface area contributed by atoms with Gasteiger partial charge in [0.25, 0.3) is 5.91 Å². The fourth-order valence-corrected chi connectivity index (χ4v) is 6.32. The van der Waals surface area contributed by atoms with Crippen LogP contribution in [0.3, 0.4) is 0 Å². The predicted molar refractivity (Wildman–Crippen MR) is 137 cm³/mol. The molecule has 0 bridgehead atoms. The van der Waals surface area contributed by atoms with Crippen LogP contribution in [0.15, 0.2) is 71.4 Å². The van der Waals surface area contributed by atoms with Gasteiger partial charge in [0.1, 0.15) is 0 Å². The van der Waals surface area contributed by atoms with Crippen LogP contribution in [-0.2, 0) is 6.42 Å². The molecule has 2 atom stereocenters. The molecule has 0 saturated carbocycles. The van der Waals surface area contributed by atoms with Crippen LogP contribution in [0.2, 0.25) is 0 Å². The molecular formula is C29H34N2OS. The van der Waals surface area contributed by atoms with Gasteiger partial charge in [0, 0.05) is 25.2 Å². The molecule has 5 rings (SSSR count). The number of carbonyl (C=O) groups is 1. The number of amides is 1. The van der Waals surface area contributed by atoms with Crippen LogP contribution in [0, 0.1) is 18.8 Å². The fraction of sp³-hybridized carbons (Fsp3) is 0.414. The van der Waals surface area contributed by atoms with Crippen molar-refractivity contribution >= 4 is 17.2 Å². The van der Waals surface area contributed by atoms with E-state index in [1.165, 1.54) is 29.5 Å². The van der Waals surface area contributed by atoms with Gasteiger partial charge in [-0.05, 0) is 97.1 Å². The van der Waals surface area contributed by atoms with E-state index in [0.717, 1.165) is 44.7 Å². The minimum atomic E-state index is 0.190. The van der Waals surface area contributed by atoms with Crippen molar-refractivity contribution in [2.24, 2.45) is 11.8 Å². The summed E-state index contributed by atoms with van der Waals surface area (Å²) in [6, 6.07) is 21.3. The van der Waals surface area contributed by atoms with Crippen molar-refractivity contribution in [3.05, 3.63) is 93.7 Å². The van der Waals surface area contributed by atoms with E-state index >= 15 is 0 Å². The molecule has 0 spiro atoms. The normalized spacial score (nSPS) is 22.0. The zero-order chi connectivity index (χ0) is 22.6. The molecule has 4 heteroatoms. The largest absolute Gasteiger partial charge is 0.338 e. The lowest BCUT2D eigenvalue weighted by molar-refractivity contribution is 0.0780. The summed E-state index contributed by atoms with van der Waals surface area (Å²) in [6.45, 7) is 7.24. The molecule has 1 amide bonds. The van der Waals surface area contributed by atoms with Crippen LogP contribution in [0.5, 0.6) is 0 Å². The van der Waals surface area contributed by atoms with Crippen LogP contribution in [-0.4, -0.2) is 48.4 Å². The Labute approximate surface area is 202 Å². The maximum absolute atomic E-state index is 13.3. The average molecular weight is 459 g/mol. The highest BCUT2D eigenvalue weighted by Crippen LogP contribution is 2.32. The predicted octanol–water partition coefficient (Wildman–Crippen LogP) is 5.87. The van der Waals surface area contributed by atoms with Gasteiger partial charge in [0.05, 0.1) is 0 Å². The smallest absolute Gasteiger partial charge is 0.253 e. The van der Waals surface area contributed by atoms with E-state index < -0.39 is 0 Å². The Balaban J connectivity index is 1.24. The second kappa shape index (κ2) is 10.2. The highest BCUT2D eigenvalue weighted by atomic mass is 32.1. The molecule has 0 aliphatic carbocycles. The number of nitrogens with zero attached hydrogens (tertiary/aromatic N) is 2. The van der Waals surface area contributed by atoms with Crippen molar-refractivity contribution < 1.29 is 4.79 Å². The second-order valence-electron chi connectivity index (χ2n) is 9.92.